The molecule has 0 saturated heterocycles. The van der Waals surface area contributed by atoms with Crippen molar-refractivity contribution in [3.05, 3.63) is 194 Å². The van der Waals surface area contributed by atoms with Gasteiger partial charge < -0.3 is 4.90 Å². The molecule has 0 fully saturated rings. The van der Waals surface area contributed by atoms with Crippen LogP contribution in [0.15, 0.2) is 194 Å². The molecule has 1 aliphatic rings. The van der Waals surface area contributed by atoms with Gasteiger partial charge in [-0.25, -0.2) is 4.98 Å². The molecule has 1 aliphatic heterocycles. The zero-order chi connectivity index (χ0) is 32.6. The first-order valence-corrected chi connectivity index (χ1v) is 16.7. The largest absolute Gasteiger partial charge is 0.309 e. The highest BCUT2D eigenvalue weighted by Crippen LogP contribution is 2.51. The maximum atomic E-state index is 5.21. The van der Waals surface area contributed by atoms with Gasteiger partial charge in [0.2, 0.25) is 0 Å². The van der Waals surface area contributed by atoms with E-state index in [-0.39, 0.29) is 0 Å². The first-order valence-electron chi connectivity index (χ1n) is 16.7. The van der Waals surface area contributed by atoms with Crippen LogP contribution in [0.2, 0.25) is 0 Å². The molecule has 230 valence electrons. The van der Waals surface area contributed by atoms with E-state index in [0.29, 0.717) is 0 Å². The van der Waals surface area contributed by atoms with Gasteiger partial charge in [-0.3, -0.25) is 0 Å². The Morgan fingerprint density at radius 3 is 1.53 bits per heavy atom. The fourth-order valence-corrected chi connectivity index (χ4v) is 7.05. The number of hydrogen-bond acceptors (Lipinski definition) is 2. The normalized spacial score (nSPS) is 11.6. The van der Waals surface area contributed by atoms with Crippen molar-refractivity contribution in [3.63, 3.8) is 0 Å². The molecule has 8 aromatic rings. The van der Waals surface area contributed by atoms with Crippen LogP contribution in [0.5, 0.6) is 0 Å². The second kappa shape index (κ2) is 12.3. The van der Waals surface area contributed by atoms with E-state index in [2.05, 4.69) is 193 Å². The number of anilines is 3. The van der Waals surface area contributed by atoms with Crippen LogP contribution in [0.1, 0.15) is 0 Å². The topological polar surface area (TPSA) is 16.1 Å². The van der Waals surface area contributed by atoms with Crippen LogP contribution in [0, 0.1) is 0 Å². The van der Waals surface area contributed by atoms with Gasteiger partial charge in [0.1, 0.15) is 0 Å². The lowest BCUT2D eigenvalue weighted by Gasteiger charge is -2.27. The van der Waals surface area contributed by atoms with Gasteiger partial charge in [-0.05, 0) is 81.9 Å². The second-order valence-electron chi connectivity index (χ2n) is 12.4. The van der Waals surface area contributed by atoms with Gasteiger partial charge in [0.25, 0.3) is 0 Å². The van der Waals surface area contributed by atoms with E-state index in [1.54, 1.807) is 0 Å². The molecule has 0 amide bonds. The van der Waals surface area contributed by atoms with Crippen molar-refractivity contribution in [1.82, 2.24) is 4.98 Å². The zero-order valence-corrected chi connectivity index (χ0v) is 26.9. The van der Waals surface area contributed by atoms with Crippen molar-refractivity contribution < 1.29 is 0 Å². The number of pyridine rings is 1. The molecule has 7 aromatic carbocycles. The maximum absolute atomic E-state index is 5.21. The van der Waals surface area contributed by atoms with Gasteiger partial charge in [-0.2, -0.15) is 0 Å². The predicted molar refractivity (Wildman–Crippen MR) is 205 cm³/mol. The van der Waals surface area contributed by atoms with Gasteiger partial charge >= 0.3 is 0 Å². The van der Waals surface area contributed by atoms with Crippen LogP contribution in [-0.2, 0) is 0 Å². The number of fused-ring (bicyclic) bond motifs is 5. The highest BCUT2D eigenvalue weighted by atomic mass is 15.1. The second-order valence-corrected chi connectivity index (χ2v) is 12.4. The summed E-state index contributed by atoms with van der Waals surface area (Å²) in [5.41, 5.74) is 17.1. The van der Waals surface area contributed by atoms with Gasteiger partial charge in [-0.1, -0.05) is 146 Å². The summed E-state index contributed by atoms with van der Waals surface area (Å²) in [5.74, 6) is 0. The standard InChI is InChI=1S/C47H32N2/c1-4-15-33(16-5-1)38-31-44(34-17-6-2-7-18-34)48-45(32-38)37-20-14-19-35(29-37)36-27-28-47-43(30-36)41-24-11-10-23-40(41)42-25-12-13-26-46(42)49(47)39-21-8-3-9-22-39/h1-32H. The van der Waals surface area contributed by atoms with E-state index in [1.807, 2.05) is 6.07 Å². The molecule has 49 heavy (non-hydrogen) atoms. The summed E-state index contributed by atoms with van der Waals surface area (Å²) in [7, 11) is 0. The van der Waals surface area contributed by atoms with E-state index in [4.69, 9.17) is 4.98 Å². The fraction of sp³-hybridized carbons (Fsp3) is 0. The monoisotopic (exact) mass is 624 g/mol. The number of hydrogen-bond donors (Lipinski definition) is 0. The smallest absolute Gasteiger partial charge is 0.0715 e. The fourth-order valence-electron chi connectivity index (χ4n) is 7.05. The Morgan fingerprint density at radius 1 is 0.286 bits per heavy atom. The lowest BCUT2D eigenvalue weighted by Crippen LogP contribution is -2.10. The quantitative estimate of drug-likeness (QED) is 0.189. The number of aromatic nitrogens is 1. The van der Waals surface area contributed by atoms with Crippen LogP contribution in [0.4, 0.5) is 17.1 Å². The molecule has 2 nitrogen and oxygen atoms in total. The van der Waals surface area contributed by atoms with Crippen molar-refractivity contribution in [1.29, 1.82) is 0 Å². The summed E-state index contributed by atoms with van der Waals surface area (Å²) in [6.45, 7) is 0. The van der Waals surface area contributed by atoms with Gasteiger partial charge in [-0.15, -0.1) is 0 Å². The minimum absolute atomic E-state index is 0.952. The van der Waals surface area contributed by atoms with Gasteiger partial charge in [0, 0.05) is 27.9 Å². The molecule has 0 aliphatic carbocycles. The van der Waals surface area contributed by atoms with E-state index in [0.717, 1.165) is 50.6 Å². The van der Waals surface area contributed by atoms with Crippen LogP contribution in [0.25, 0.3) is 67.0 Å². The Bertz CT molecular complexity index is 2370. The number of nitrogens with zero attached hydrogens (tertiary/aromatic N) is 2. The molecular weight excluding hydrogens is 593 g/mol. The van der Waals surface area contributed by atoms with Crippen LogP contribution in [0.3, 0.4) is 0 Å². The molecule has 0 bridgehead atoms. The van der Waals surface area contributed by atoms with Crippen LogP contribution < -0.4 is 4.90 Å². The summed E-state index contributed by atoms with van der Waals surface area (Å²) >= 11 is 0. The summed E-state index contributed by atoms with van der Waals surface area (Å²) in [5, 5.41) is 0. The highest BCUT2D eigenvalue weighted by Gasteiger charge is 2.26. The molecular formula is C47H32N2. The van der Waals surface area contributed by atoms with Crippen molar-refractivity contribution in [2.45, 2.75) is 0 Å². The third-order valence-corrected chi connectivity index (χ3v) is 9.40. The average molecular weight is 625 g/mol. The van der Waals surface area contributed by atoms with Crippen molar-refractivity contribution in [2.75, 3.05) is 4.90 Å². The lowest BCUT2D eigenvalue weighted by atomic mass is 9.92. The number of rotatable bonds is 5. The van der Waals surface area contributed by atoms with Gasteiger partial charge in [0.15, 0.2) is 0 Å². The zero-order valence-electron chi connectivity index (χ0n) is 26.9. The Kier molecular flexibility index (Phi) is 7.18. The molecule has 9 rings (SSSR count). The molecule has 0 N–H and O–H groups in total. The Hall–Kier alpha value is -6.51. The third-order valence-electron chi connectivity index (χ3n) is 9.40. The Balaban J connectivity index is 1.20. The molecule has 0 spiro atoms. The van der Waals surface area contributed by atoms with Crippen molar-refractivity contribution in [3.8, 4) is 67.0 Å². The van der Waals surface area contributed by atoms with E-state index >= 15 is 0 Å². The summed E-state index contributed by atoms with van der Waals surface area (Å²) in [4.78, 5) is 7.60. The predicted octanol–water partition coefficient (Wildman–Crippen LogP) is 12.9. The summed E-state index contributed by atoms with van der Waals surface area (Å²) in [6, 6.07) is 69.3. The molecule has 0 radical (unpaired) electrons. The number of para-hydroxylation sites is 2. The minimum Gasteiger partial charge on any atom is -0.309 e. The molecule has 0 atom stereocenters. The molecule has 2 heteroatoms. The average Bonchev–Trinajstić information content (AvgIpc) is 3.31. The Labute approximate surface area is 287 Å². The van der Waals surface area contributed by atoms with Crippen molar-refractivity contribution >= 4 is 17.1 Å². The third kappa shape index (κ3) is 5.30. The highest BCUT2D eigenvalue weighted by molar-refractivity contribution is 6.03. The molecule has 0 unspecified atom stereocenters. The Morgan fingerprint density at radius 2 is 0.796 bits per heavy atom. The van der Waals surface area contributed by atoms with Crippen LogP contribution in [-0.4, -0.2) is 4.98 Å². The minimum atomic E-state index is 0.952. The van der Waals surface area contributed by atoms with Gasteiger partial charge in [0.05, 0.1) is 22.8 Å². The SMILES string of the molecule is c1ccc(-c2cc(-c3ccccc3)nc(-c3cccc(-c4ccc5c(c4)-c4ccccc4-c4ccccc4N5c4ccccc4)c3)c2)cc1. The van der Waals surface area contributed by atoms with E-state index in [1.165, 1.54) is 33.5 Å². The first kappa shape index (κ1) is 28.7. The summed E-state index contributed by atoms with van der Waals surface area (Å²) in [6.07, 6.45) is 0. The molecule has 2 heterocycles. The van der Waals surface area contributed by atoms with Crippen LogP contribution >= 0.6 is 0 Å². The number of benzene rings is 7. The summed E-state index contributed by atoms with van der Waals surface area (Å²) < 4.78 is 0. The van der Waals surface area contributed by atoms with E-state index < -0.39 is 0 Å². The lowest BCUT2D eigenvalue weighted by molar-refractivity contribution is 1.29. The molecule has 1 aromatic heterocycles. The first-order chi connectivity index (χ1) is 24.3. The van der Waals surface area contributed by atoms with Crippen molar-refractivity contribution in [2.24, 2.45) is 0 Å². The maximum Gasteiger partial charge on any atom is 0.0715 e. The van der Waals surface area contributed by atoms with E-state index in [9.17, 15) is 0 Å². The molecule has 0 saturated carbocycles.